The topological polar surface area (TPSA) is 68.0 Å². The smallest absolute Gasteiger partial charge is 0.254 e. The molecule has 22 heavy (non-hydrogen) atoms. The van der Waals surface area contributed by atoms with Gasteiger partial charge in [0.15, 0.2) is 0 Å². The first-order chi connectivity index (χ1) is 10.7. The van der Waals surface area contributed by atoms with E-state index in [1.807, 2.05) is 24.0 Å². The van der Waals surface area contributed by atoms with E-state index in [1.54, 1.807) is 23.3 Å². The molecule has 1 aliphatic heterocycles. The van der Waals surface area contributed by atoms with Crippen molar-refractivity contribution in [2.75, 3.05) is 19.6 Å². The Morgan fingerprint density at radius 3 is 3.05 bits per heavy atom. The van der Waals surface area contributed by atoms with E-state index < -0.39 is 0 Å². The Bertz CT molecular complexity index is 605. The quantitative estimate of drug-likeness (QED) is 0.874. The maximum Gasteiger partial charge on any atom is 0.254 e. The number of hydrogen-bond donors (Lipinski definition) is 1. The van der Waals surface area contributed by atoms with Gasteiger partial charge >= 0.3 is 0 Å². The number of carbonyl (C=O) groups excluding carboxylic acids is 1. The third-order valence-electron chi connectivity index (χ3n) is 4.01. The molecule has 0 aliphatic carbocycles. The molecule has 3 rings (SSSR count). The van der Waals surface area contributed by atoms with Crippen molar-refractivity contribution in [2.45, 2.75) is 25.4 Å². The molecule has 7 nitrogen and oxygen atoms in total. The van der Waals surface area contributed by atoms with Gasteiger partial charge in [0.2, 0.25) is 0 Å². The maximum absolute atomic E-state index is 12.2. The minimum absolute atomic E-state index is 0.0352. The Morgan fingerprint density at radius 2 is 2.32 bits per heavy atom. The number of carbonyl (C=O) groups is 1. The lowest BCUT2D eigenvalue weighted by molar-refractivity contribution is 0.0901. The van der Waals surface area contributed by atoms with Gasteiger partial charge in [0.1, 0.15) is 0 Å². The third kappa shape index (κ3) is 3.73. The molecule has 1 aliphatic rings. The van der Waals surface area contributed by atoms with Crippen LogP contribution in [0.4, 0.5) is 0 Å². The lowest BCUT2D eigenvalue weighted by Crippen LogP contribution is -2.48. The van der Waals surface area contributed by atoms with E-state index in [0.29, 0.717) is 5.56 Å². The predicted octanol–water partition coefficient (Wildman–Crippen LogP) is 0.511. The fraction of sp³-hybridized carbons (Fsp3) is 0.533. The summed E-state index contributed by atoms with van der Waals surface area (Å²) in [4.78, 5) is 14.6. The Labute approximate surface area is 129 Å². The molecule has 1 unspecified atom stereocenters. The molecule has 1 atom stereocenters. The predicted molar refractivity (Wildman–Crippen MR) is 82.4 cm³/mol. The Balaban J connectivity index is 1.48. The van der Waals surface area contributed by atoms with Gasteiger partial charge in [-0.05, 0) is 25.5 Å². The summed E-state index contributed by atoms with van der Waals surface area (Å²) in [5.41, 5.74) is 0.621. The second-order valence-electron chi connectivity index (χ2n) is 5.79. The van der Waals surface area contributed by atoms with Crippen LogP contribution >= 0.6 is 0 Å². The molecule has 1 amide bonds. The molecule has 0 spiro atoms. The van der Waals surface area contributed by atoms with Crippen LogP contribution in [0.3, 0.4) is 0 Å². The number of nitrogens with zero attached hydrogens (tertiary/aromatic N) is 5. The van der Waals surface area contributed by atoms with E-state index in [0.717, 1.165) is 39.0 Å². The van der Waals surface area contributed by atoms with Crippen molar-refractivity contribution >= 4 is 5.91 Å². The summed E-state index contributed by atoms with van der Waals surface area (Å²) >= 11 is 0. The summed E-state index contributed by atoms with van der Waals surface area (Å²) < 4.78 is 3.59. The van der Waals surface area contributed by atoms with Crippen LogP contribution in [0.1, 0.15) is 23.2 Å². The number of piperidine rings is 1. The monoisotopic (exact) mass is 302 g/mol. The van der Waals surface area contributed by atoms with Crippen molar-refractivity contribution < 1.29 is 4.79 Å². The van der Waals surface area contributed by atoms with Crippen LogP contribution in [0.15, 0.2) is 30.9 Å². The molecule has 0 saturated carbocycles. The zero-order valence-electron chi connectivity index (χ0n) is 12.9. The molecule has 2 aromatic rings. The second-order valence-corrected chi connectivity index (χ2v) is 5.79. The Hall–Kier alpha value is -2.15. The van der Waals surface area contributed by atoms with E-state index in [4.69, 9.17) is 0 Å². The zero-order chi connectivity index (χ0) is 15.4. The van der Waals surface area contributed by atoms with Crippen molar-refractivity contribution in [2.24, 2.45) is 7.05 Å². The molecular weight excluding hydrogens is 280 g/mol. The highest BCUT2D eigenvalue weighted by molar-refractivity contribution is 5.93. The minimum Gasteiger partial charge on any atom is -0.348 e. The highest BCUT2D eigenvalue weighted by atomic mass is 16.1. The van der Waals surface area contributed by atoms with Gasteiger partial charge in [0.05, 0.1) is 18.3 Å². The molecule has 3 heterocycles. The summed E-state index contributed by atoms with van der Waals surface area (Å²) in [6.07, 6.45) is 9.27. The van der Waals surface area contributed by atoms with Crippen LogP contribution in [-0.2, 0) is 13.6 Å². The number of rotatable bonds is 5. The fourth-order valence-corrected chi connectivity index (χ4v) is 2.86. The van der Waals surface area contributed by atoms with Crippen LogP contribution in [-0.4, -0.2) is 56.0 Å². The van der Waals surface area contributed by atoms with Gasteiger partial charge in [-0.2, -0.15) is 10.2 Å². The van der Waals surface area contributed by atoms with Crippen molar-refractivity contribution in [1.82, 2.24) is 29.8 Å². The normalized spacial score (nSPS) is 19.2. The summed E-state index contributed by atoms with van der Waals surface area (Å²) in [6, 6.07) is 2.15. The average Bonchev–Trinajstić information content (AvgIpc) is 3.17. The SMILES string of the molecule is Cn1cc(C(=O)NC2CCCN(CCn3cccn3)C2)cn1. The van der Waals surface area contributed by atoms with Crippen LogP contribution in [0, 0.1) is 0 Å². The standard InChI is InChI=1S/C15H22N6O/c1-19-11-13(10-17-19)15(22)18-14-4-2-6-20(12-14)8-9-21-7-3-5-16-21/h3,5,7,10-11,14H,2,4,6,8-9,12H2,1H3,(H,18,22). The van der Waals surface area contributed by atoms with Gasteiger partial charge in [-0.15, -0.1) is 0 Å². The molecular formula is C15H22N6O. The number of hydrogen-bond acceptors (Lipinski definition) is 4. The van der Waals surface area contributed by atoms with Crippen molar-refractivity contribution in [3.8, 4) is 0 Å². The van der Waals surface area contributed by atoms with Gasteiger partial charge in [-0.1, -0.05) is 0 Å². The molecule has 2 aromatic heterocycles. The number of nitrogens with one attached hydrogen (secondary N) is 1. The first-order valence-electron chi connectivity index (χ1n) is 7.70. The zero-order valence-corrected chi connectivity index (χ0v) is 12.9. The molecule has 1 fully saturated rings. The van der Waals surface area contributed by atoms with Gasteiger partial charge in [0, 0.05) is 44.8 Å². The first-order valence-corrected chi connectivity index (χ1v) is 7.70. The molecule has 0 bridgehead atoms. The minimum atomic E-state index is -0.0352. The largest absolute Gasteiger partial charge is 0.348 e. The van der Waals surface area contributed by atoms with Crippen LogP contribution in [0.25, 0.3) is 0 Å². The van der Waals surface area contributed by atoms with Gasteiger partial charge < -0.3 is 5.32 Å². The lowest BCUT2D eigenvalue weighted by Gasteiger charge is -2.33. The number of aryl methyl sites for hydroxylation is 1. The molecule has 0 aromatic carbocycles. The summed E-state index contributed by atoms with van der Waals surface area (Å²) in [5, 5.41) is 11.4. The lowest BCUT2D eigenvalue weighted by atomic mass is 10.1. The fourth-order valence-electron chi connectivity index (χ4n) is 2.86. The molecule has 1 N–H and O–H groups in total. The Kier molecular flexibility index (Phi) is 4.53. The van der Waals surface area contributed by atoms with E-state index in [9.17, 15) is 4.79 Å². The maximum atomic E-state index is 12.2. The molecule has 118 valence electrons. The number of aromatic nitrogens is 4. The van der Waals surface area contributed by atoms with Gasteiger partial charge in [-0.25, -0.2) is 0 Å². The van der Waals surface area contributed by atoms with Crippen LogP contribution < -0.4 is 5.32 Å². The second kappa shape index (κ2) is 6.74. The van der Waals surface area contributed by atoms with Gasteiger partial charge in [-0.3, -0.25) is 19.1 Å². The summed E-state index contributed by atoms with van der Waals surface area (Å²) in [7, 11) is 1.81. The Morgan fingerprint density at radius 1 is 1.41 bits per heavy atom. The first kappa shape index (κ1) is 14.8. The van der Waals surface area contributed by atoms with Crippen molar-refractivity contribution in [1.29, 1.82) is 0 Å². The number of amides is 1. The van der Waals surface area contributed by atoms with Crippen LogP contribution in [0.5, 0.6) is 0 Å². The molecule has 1 saturated heterocycles. The van der Waals surface area contributed by atoms with E-state index in [-0.39, 0.29) is 11.9 Å². The van der Waals surface area contributed by atoms with E-state index >= 15 is 0 Å². The van der Waals surface area contributed by atoms with E-state index in [1.165, 1.54) is 0 Å². The number of likely N-dealkylation sites (tertiary alicyclic amines) is 1. The van der Waals surface area contributed by atoms with Crippen molar-refractivity contribution in [3.05, 3.63) is 36.4 Å². The molecule has 0 radical (unpaired) electrons. The van der Waals surface area contributed by atoms with Gasteiger partial charge in [0.25, 0.3) is 5.91 Å². The average molecular weight is 302 g/mol. The summed E-state index contributed by atoms with van der Waals surface area (Å²) in [6.45, 7) is 3.82. The van der Waals surface area contributed by atoms with E-state index in [2.05, 4.69) is 20.4 Å². The highest BCUT2D eigenvalue weighted by Crippen LogP contribution is 2.11. The van der Waals surface area contributed by atoms with Crippen LogP contribution in [0.2, 0.25) is 0 Å². The highest BCUT2D eigenvalue weighted by Gasteiger charge is 2.22. The third-order valence-corrected chi connectivity index (χ3v) is 4.01. The summed E-state index contributed by atoms with van der Waals surface area (Å²) in [5.74, 6) is -0.0352. The molecule has 7 heteroatoms. The van der Waals surface area contributed by atoms with Crippen molar-refractivity contribution in [3.63, 3.8) is 0 Å².